The molecule has 1 heterocycles. The zero-order valence-corrected chi connectivity index (χ0v) is 20.2. The number of hydrogen-bond acceptors (Lipinski definition) is 6. The summed E-state index contributed by atoms with van der Waals surface area (Å²) in [6, 6.07) is 15.8. The van der Waals surface area contributed by atoms with Crippen molar-refractivity contribution in [2.24, 2.45) is 11.3 Å². The number of benzene rings is 2. The van der Waals surface area contributed by atoms with Gasteiger partial charge < -0.3 is 19.7 Å². The average Bonchev–Trinajstić information content (AvgIpc) is 2.88. The molecule has 0 saturated heterocycles. The summed E-state index contributed by atoms with van der Waals surface area (Å²) in [5, 5.41) is 20.7. The molecule has 2 aromatic carbocycles. The van der Waals surface area contributed by atoms with Crippen LogP contribution in [0.2, 0.25) is 0 Å². The van der Waals surface area contributed by atoms with E-state index in [4.69, 9.17) is 9.47 Å². The van der Waals surface area contributed by atoms with Crippen LogP contribution in [0.5, 0.6) is 11.8 Å². The highest BCUT2D eigenvalue weighted by Gasteiger charge is 2.49. The van der Waals surface area contributed by atoms with E-state index in [0.29, 0.717) is 11.3 Å². The lowest BCUT2D eigenvalue weighted by atomic mass is 9.63. The Morgan fingerprint density at radius 1 is 1.05 bits per heavy atom. The third-order valence-corrected chi connectivity index (χ3v) is 6.49. The number of allylic oxidation sites excluding steroid dienone is 2. The van der Waals surface area contributed by atoms with Gasteiger partial charge in [-0.2, -0.15) is 4.98 Å². The Morgan fingerprint density at radius 2 is 1.76 bits per heavy atom. The third kappa shape index (κ3) is 5.12. The Kier molecular flexibility index (Phi) is 7.45. The molecule has 37 heavy (non-hydrogen) atoms. The zero-order chi connectivity index (χ0) is 26.6. The molecule has 9 heteroatoms. The Labute approximate surface area is 212 Å². The van der Waals surface area contributed by atoms with Crippen molar-refractivity contribution in [3.8, 4) is 11.8 Å². The van der Waals surface area contributed by atoms with Gasteiger partial charge in [-0.05, 0) is 42.3 Å². The van der Waals surface area contributed by atoms with Gasteiger partial charge in [0.15, 0.2) is 0 Å². The number of para-hydroxylation sites is 1. The molecule has 2 N–H and O–H groups in total. The summed E-state index contributed by atoms with van der Waals surface area (Å²) in [5.41, 5.74) is -0.541. The maximum atomic E-state index is 13.8. The van der Waals surface area contributed by atoms with E-state index in [1.165, 1.54) is 43.6 Å². The predicted octanol–water partition coefficient (Wildman–Crippen LogP) is 5.09. The molecule has 1 aliphatic rings. The van der Waals surface area contributed by atoms with Gasteiger partial charge in [-0.15, -0.1) is 0 Å². The predicted molar refractivity (Wildman–Crippen MR) is 133 cm³/mol. The van der Waals surface area contributed by atoms with Crippen molar-refractivity contribution in [1.29, 1.82) is 0 Å². The van der Waals surface area contributed by atoms with Crippen LogP contribution in [0.4, 0.5) is 4.39 Å². The molecule has 1 aliphatic carbocycles. The number of rotatable bonds is 9. The first-order chi connectivity index (χ1) is 17.8. The van der Waals surface area contributed by atoms with Gasteiger partial charge in [-0.25, -0.2) is 14.2 Å². The molecule has 0 spiro atoms. The van der Waals surface area contributed by atoms with Gasteiger partial charge in [0, 0.05) is 42.6 Å². The summed E-state index contributed by atoms with van der Waals surface area (Å²) >= 11 is 0. The highest BCUT2D eigenvalue weighted by Crippen LogP contribution is 2.50. The minimum absolute atomic E-state index is 0.00336. The molecule has 190 valence electrons. The minimum Gasteiger partial charge on any atom is -0.481 e. The normalized spacial score (nSPS) is 19.3. The first kappa shape index (κ1) is 25.7. The molecular formula is C28H25FN2O6. The Morgan fingerprint density at radius 3 is 2.38 bits per heavy atom. The molecule has 8 nitrogen and oxygen atoms in total. The van der Waals surface area contributed by atoms with Crippen molar-refractivity contribution in [2.75, 3.05) is 13.7 Å². The van der Waals surface area contributed by atoms with E-state index in [0.717, 1.165) is 0 Å². The van der Waals surface area contributed by atoms with Gasteiger partial charge in [-0.3, -0.25) is 4.79 Å². The highest BCUT2D eigenvalue weighted by atomic mass is 19.1. The Balaban J connectivity index is 1.96. The second kappa shape index (κ2) is 10.7. The van der Waals surface area contributed by atoms with Crippen molar-refractivity contribution in [2.45, 2.75) is 13.3 Å². The average molecular weight is 505 g/mol. The van der Waals surface area contributed by atoms with E-state index >= 15 is 0 Å². The fraction of sp³-hybridized carbons (Fsp3) is 0.214. The van der Waals surface area contributed by atoms with Gasteiger partial charge in [0.25, 0.3) is 0 Å². The number of aliphatic carboxylic acids is 2. The van der Waals surface area contributed by atoms with Crippen LogP contribution in [0.3, 0.4) is 0 Å². The number of aromatic nitrogens is 2. The maximum absolute atomic E-state index is 13.8. The van der Waals surface area contributed by atoms with Crippen LogP contribution in [-0.4, -0.2) is 45.8 Å². The van der Waals surface area contributed by atoms with Crippen molar-refractivity contribution in [3.05, 3.63) is 95.6 Å². The molecule has 0 saturated carbocycles. The lowest BCUT2D eigenvalue weighted by Crippen LogP contribution is -2.41. The third-order valence-electron chi connectivity index (χ3n) is 6.49. The van der Waals surface area contributed by atoms with Crippen LogP contribution in [0.1, 0.15) is 24.6 Å². The summed E-state index contributed by atoms with van der Waals surface area (Å²) < 4.78 is 24.7. The summed E-state index contributed by atoms with van der Waals surface area (Å²) in [6.07, 6.45) is 2.99. The van der Waals surface area contributed by atoms with Crippen LogP contribution in [0.15, 0.2) is 78.5 Å². The van der Waals surface area contributed by atoms with Crippen molar-refractivity contribution < 1.29 is 33.7 Å². The molecule has 3 aromatic rings. The standard InChI is InChI=1S/C28H25FN2O6/c1-17-23(25(32)33)24(18-8-10-19(29)11-9-18)21(16-28(17,26(34)35)13-15-36-2)22-12-14-30-27(31-22)37-20-6-4-3-5-7-20/h3-12,14,16-17H,13,15H2,1-2H3,(H,32,33)(H,34,35). The fourth-order valence-corrected chi connectivity index (χ4v) is 4.54. The van der Waals surface area contributed by atoms with Gasteiger partial charge in [0.1, 0.15) is 11.6 Å². The second-order valence-electron chi connectivity index (χ2n) is 8.61. The lowest BCUT2D eigenvalue weighted by Gasteiger charge is -2.38. The van der Waals surface area contributed by atoms with E-state index in [2.05, 4.69) is 9.97 Å². The summed E-state index contributed by atoms with van der Waals surface area (Å²) in [4.78, 5) is 34.0. The summed E-state index contributed by atoms with van der Waals surface area (Å²) in [5.74, 6) is -3.41. The van der Waals surface area contributed by atoms with Crippen molar-refractivity contribution in [1.82, 2.24) is 9.97 Å². The van der Waals surface area contributed by atoms with E-state index in [9.17, 15) is 24.2 Å². The van der Waals surface area contributed by atoms with Gasteiger partial charge in [0.05, 0.1) is 11.1 Å². The molecule has 1 aromatic heterocycles. The fourth-order valence-electron chi connectivity index (χ4n) is 4.54. The smallest absolute Gasteiger partial charge is 0.332 e. The van der Waals surface area contributed by atoms with E-state index in [1.54, 1.807) is 37.3 Å². The number of ether oxygens (including phenoxy) is 2. The minimum atomic E-state index is -1.60. The second-order valence-corrected chi connectivity index (χ2v) is 8.61. The molecule has 2 atom stereocenters. The number of methoxy groups -OCH3 is 1. The summed E-state index contributed by atoms with van der Waals surface area (Å²) in [6.45, 7) is 1.65. The van der Waals surface area contributed by atoms with Crippen molar-refractivity contribution in [3.63, 3.8) is 0 Å². The van der Waals surface area contributed by atoms with Gasteiger partial charge >= 0.3 is 17.9 Å². The molecule has 0 bridgehead atoms. The SMILES string of the molecule is COCCC1(C(=O)O)C=C(c2ccnc(Oc3ccccc3)n2)C(c2ccc(F)cc2)=C(C(=O)O)C1C. The van der Waals surface area contributed by atoms with Crippen LogP contribution < -0.4 is 4.74 Å². The summed E-state index contributed by atoms with van der Waals surface area (Å²) in [7, 11) is 1.45. The number of halogens is 1. The topological polar surface area (TPSA) is 119 Å². The van der Waals surface area contributed by atoms with Gasteiger partial charge in [-0.1, -0.05) is 43.3 Å². The number of nitrogens with zero attached hydrogens (tertiary/aromatic N) is 2. The number of carboxylic acids is 2. The number of carboxylic acid groups (broad SMARTS) is 2. The molecule has 0 fully saturated rings. The zero-order valence-electron chi connectivity index (χ0n) is 20.2. The van der Waals surface area contributed by atoms with E-state index in [-0.39, 0.29) is 41.5 Å². The van der Waals surface area contributed by atoms with Crippen LogP contribution in [-0.2, 0) is 14.3 Å². The number of carbonyl (C=O) groups is 2. The first-order valence-corrected chi connectivity index (χ1v) is 11.5. The maximum Gasteiger partial charge on any atom is 0.332 e. The Hall–Kier alpha value is -4.37. The first-order valence-electron chi connectivity index (χ1n) is 11.5. The van der Waals surface area contributed by atoms with E-state index in [1.807, 2.05) is 6.07 Å². The molecule has 0 radical (unpaired) electrons. The molecule has 2 unspecified atom stereocenters. The van der Waals surface area contributed by atoms with Crippen LogP contribution >= 0.6 is 0 Å². The van der Waals surface area contributed by atoms with Crippen LogP contribution in [0.25, 0.3) is 11.1 Å². The highest BCUT2D eigenvalue weighted by molar-refractivity contribution is 6.16. The number of hydrogen-bond donors (Lipinski definition) is 2. The Bertz CT molecular complexity index is 1370. The van der Waals surface area contributed by atoms with Crippen LogP contribution in [0, 0.1) is 17.2 Å². The monoisotopic (exact) mass is 504 g/mol. The van der Waals surface area contributed by atoms with E-state index < -0.39 is 29.1 Å². The largest absolute Gasteiger partial charge is 0.481 e. The molecule has 4 rings (SSSR count). The van der Waals surface area contributed by atoms with Crippen molar-refractivity contribution >= 4 is 23.1 Å². The molecule has 0 amide bonds. The lowest BCUT2D eigenvalue weighted by molar-refractivity contribution is -0.149. The molecule has 0 aliphatic heterocycles. The molecular weight excluding hydrogens is 479 g/mol. The van der Waals surface area contributed by atoms with Gasteiger partial charge in [0.2, 0.25) is 0 Å². The quantitative estimate of drug-likeness (QED) is 0.414.